The van der Waals surface area contributed by atoms with Crippen LogP contribution in [0.3, 0.4) is 0 Å². The maximum absolute atomic E-state index is 12.1. The van der Waals surface area contributed by atoms with Crippen LogP contribution in [0, 0.1) is 0 Å². The maximum Gasteiger partial charge on any atom is 0.350 e. The highest BCUT2D eigenvalue weighted by molar-refractivity contribution is 5.77. The minimum absolute atomic E-state index is 0.0225. The SMILES string of the molecule is CCc1ccccc1OCC(=O)NCCCn1nc2ccccn2c1=O. The summed E-state index contributed by atoms with van der Waals surface area (Å²) in [4.78, 5) is 24.0. The standard InChI is InChI=1S/C19H22N4O3/c1-2-15-8-3-4-9-16(15)26-14-18(24)20-11-7-13-23-19(25)22-12-6-5-10-17(22)21-23/h3-6,8-10,12H,2,7,11,13-14H2,1H3,(H,20,24). The average molecular weight is 354 g/mol. The fraction of sp³-hybridized carbons (Fsp3) is 0.316. The predicted octanol–water partition coefficient (Wildman–Crippen LogP) is 1.64. The van der Waals surface area contributed by atoms with Gasteiger partial charge in [-0.1, -0.05) is 31.2 Å². The summed E-state index contributed by atoms with van der Waals surface area (Å²) in [6.07, 6.45) is 3.15. The van der Waals surface area contributed by atoms with Crippen molar-refractivity contribution in [3.8, 4) is 5.75 Å². The number of carbonyl (C=O) groups is 1. The van der Waals surface area contributed by atoms with Crippen LogP contribution >= 0.6 is 0 Å². The number of ether oxygens (including phenoxy) is 1. The lowest BCUT2D eigenvalue weighted by Crippen LogP contribution is -2.31. The van der Waals surface area contributed by atoms with Crippen molar-refractivity contribution in [3.63, 3.8) is 0 Å². The predicted molar refractivity (Wildman–Crippen MR) is 98.4 cm³/mol. The molecule has 0 fully saturated rings. The highest BCUT2D eigenvalue weighted by Crippen LogP contribution is 2.17. The Kier molecular flexibility index (Phi) is 5.68. The van der Waals surface area contributed by atoms with Crippen molar-refractivity contribution in [1.82, 2.24) is 19.5 Å². The maximum atomic E-state index is 12.1. The van der Waals surface area contributed by atoms with Crippen LogP contribution in [-0.4, -0.2) is 33.2 Å². The molecule has 0 aliphatic heterocycles. The molecule has 0 atom stereocenters. The number of aryl methyl sites for hydroxylation is 2. The minimum Gasteiger partial charge on any atom is -0.483 e. The van der Waals surface area contributed by atoms with Crippen LogP contribution < -0.4 is 15.7 Å². The van der Waals surface area contributed by atoms with Gasteiger partial charge in [0.15, 0.2) is 12.3 Å². The Bertz CT molecular complexity index is 945. The van der Waals surface area contributed by atoms with E-state index >= 15 is 0 Å². The molecule has 2 heterocycles. The Hall–Kier alpha value is -3.09. The van der Waals surface area contributed by atoms with Crippen molar-refractivity contribution >= 4 is 11.6 Å². The molecule has 1 amide bonds. The van der Waals surface area contributed by atoms with Crippen LogP contribution in [0.1, 0.15) is 18.9 Å². The molecular weight excluding hydrogens is 332 g/mol. The largest absolute Gasteiger partial charge is 0.483 e. The number of aromatic nitrogens is 3. The average Bonchev–Trinajstić information content (AvgIpc) is 3.00. The number of pyridine rings is 1. The Balaban J connectivity index is 1.43. The number of rotatable bonds is 8. The van der Waals surface area contributed by atoms with Gasteiger partial charge in [0.05, 0.1) is 0 Å². The lowest BCUT2D eigenvalue weighted by Gasteiger charge is -2.10. The molecular formula is C19H22N4O3. The zero-order chi connectivity index (χ0) is 18.4. The second kappa shape index (κ2) is 8.33. The van der Waals surface area contributed by atoms with Gasteiger partial charge in [-0.2, -0.15) is 0 Å². The Morgan fingerprint density at radius 2 is 2.00 bits per heavy atom. The summed E-state index contributed by atoms with van der Waals surface area (Å²) >= 11 is 0. The van der Waals surface area contributed by atoms with Gasteiger partial charge >= 0.3 is 5.69 Å². The summed E-state index contributed by atoms with van der Waals surface area (Å²) in [5.41, 5.74) is 1.52. The van der Waals surface area contributed by atoms with E-state index in [0.29, 0.717) is 25.2 Å². The van der Waals surface area contributed by atoms with Gasteiger partial charge in [-0.05, 0) is 36.6 Å². The van der Waals surface area contributed by atoms with Crippen molar-refractivity contribution in [2.75, 3.05) is 13.2 Å². The molecule has 7 heteroatoms. The first kappa shape index (κ1) is 17.7. The third-order valence-electron chi connectivity index (χ3n) is 4.07. The number of hydrogen-bond donors (Lipinski definition) is 1. The molecule has 0 aliphatic rings. The highest BCUT2D eigenvalue weighted by atomic mass is 16.5. The molecule has 0 spiro atoms. The Morgan fingerprint density at radius 3 is 2.81 bits per heavy atom. The summed E-state index contributed by atoms with van der Waals surface area (Å²) in [7, 11) is 0. The van der Waals surface area contributed by atoms with Crippen molar-refractivity contribution in [2.45, 2.75) is 26.3 Å². The van der Waals surface area contributed by atoms with Gasteiger partial charge in [0.2, 0.25) is 0 Å². The number of carbonyl (C=O) groups excluding carboxylic acids is 1. The molecule has 0 saturated carbocycles. The zero-order valence-electron chi connectivity index (χ0n) is 14.7. The van der Waals surface area contributed by atoms with Gasteiger partial charge < -0.3 is 10.1 Å². The lowest BCUT2D eigenvalue weighted by molar-refractivity contribution is -0.123. The number of benzene rings is 1. The minimum atomic E-state index is -0.182. The Morgan fingerprint density at radius 1 is 1.19 bits per heavy atom. The smallest absolute Gasteiger partial charge is 0.350 e. The van der Waals surface area contributed by atoms with Crippen molar-refractivity contribution in [1.29, 1.82) is 0 Å². The third-order valence-corrected chi connectivity index (χ3v) is 4.07. The number of nitrogens with one attached hydrogen (secondary N) is 1. The normalized spacial score (nSPS) is 10.8. The van der Waals surface area contributed by atoms with Gasteiger partial charge in [0, 0.05) is 19.3 Å². The van der Waals surface area contributed by atoms with Crippen molar-refractivity contribution < 1.29 is 9.53 Å². The third kappa shape index (κ3) is 4.11. The van der Waals surface area contributed by atoms with Crippen molar-refractivity contribution in [3.05, 3.63) is 64.7 Å². The summed E-state index contributed by atoms with van der Waals surface area (Å²) in [6, 6.07) is 13.1. The fourth-order valence-electron chi connectivity index (χ4n) is 2.70. The zero-order valence-corrected chi connectivity index (χ0v) is 14.7. The van der Waals surface area contributed by atoms with E-state index in [1.807, 2.05) is 37.3 Å². The topological polar surface area (TPSA) is 77.6 Å². The summed E-state index contributed by atoms with van der Waals surface area (Å²) < 4.78 is 8.49. The second-order valence-corrected chi connectivity index (χ2v) is 5.89. The van der Waals surface area contributed by atoms with E-state index in [0.717, 1.165) is 17.7 Å². The van der Waals surface area contributed by atoms with Gasteiger partial charge in [-0.15, -0.1) is 5.10 Å². The highest BCUT2D eigenvalue weighted by Gasteiger charge is 2.07. The first-order chi connectivity index (χ1) is 12.7. The summed E-state index contributed by atoms with van der Waals surface area (Å²) in [6.45, 7) is 2.92. The van der Waals surface area contributed by atoms with Gasteiger partial charge in [-0.25, -0.2) is 9.48 Å². The van der Waals surface area contributed by atoms with Gasteiger partial charge in [0.25, 0.3) is 5.91 Å². The quantitative estimate of drug-likeness (QED) is 0.624. The van der Waals surface area contributed by atoms with Crippen LogP contribution in [0.4, 0.5) is 0 Å². The molecule has 3 rings (SSSR count). The number of hydrogen-bond acceptors (Lipinski definition) is 4. The van der Waals surface area contributed by atoms with E-state index in [4.69, 9.17) is 4.74 Å². The van der Waals surface area contributed by atoms with E-state index in [1.54, 1.807) is 18.3 Å². The van der Waals surface area contributed by atoms with E-state index in [2.05, 4.69) is 10.4 Å². The molecule has 0 radical (unpaired) electrons. The summed E-state index contributed by atoms with van der Waals surface area (Å²) in [5, 5.41) is 7.05. The van der Waals surface area contributed by atoms with Crippen LogP contribution in [0.15, 0.2) is 53.5 Å². The fourth-order valence-corrected chi connectivity index (χ4v) is 2.70. The van der Waals surface area contributed by atoms with Crippen molar-refractivity contribution in [2.24, 2.45) is 0 Å². The number of fused-ring (bicyclic) bond motifs is 1. The number of nitrogens with zero attached hydrogens (tertiary/aromatic N) is 3. The number of amides is 1. The number of para-hydroxylation sites is 1. The lowest BCUT2D eigenvalue weighted by atomic mass is 10.1. The van der Waals surface area contributed by atoms with Crippen LogP contribution in [-0.2, 0) is 17.8 Å². The second-order valence-electron chi connectivity index (χ2n) is 5.89. The van der Waals surface area contributed by atoms with Gasteiger partial charge in [-0.3, -0.25) is 9.20 Å². The van der Waals surface area contributed by atoms with E-state index < -0.39 is 0 Å². The molecule has 26 heavy (non-hydrogen) atoms. The van der Waals surface area contributed by atoms with E-state index in [1.165, 1.54) is 9.08 Å². The summed E-state index contributed by atoms with van der Waals surface area (Å²) in [5.74, 6) is 0.555. The molecule has 3 aromatic rings. The molecule has 2 aromatic heterocycles. The molecule has 0 saturated heterocycles. The first-order valence-corrected chi connectivity index (χ1v) is 8.70. The van der Waals surface area contributed by atoms with E-state index in [-0.39, 0.29) is 18.2 Å². The molecule has 0 aliphatic carbocycles. The van der Waals surface area contributed by atoms with Crippen LogP contribution in [0.2, 0.25) is 0 Å². The molecule has 1 aromatic carbocycles. The van der Waals surface area contributed by atoms with Gasteiger partial charge in [0.1, 0.15) is 5.75 Å². The molecule has 0 bridgehead atoms. The van der Waals surface area contributed by atoms with E-state index in [9.17, 15) is 9.59 Å². The van der Waals surface area contributed by atoms with Crippen LogP contribution in [0.5, 0.6) is 5.75 Å². The molecule has 7 nitrogen and oxygen atoms in total. The first-order valence-electron chi connectivity index (χ1n) is 8.70. The Labute approximate surface area is 151 Å². The monoisotopic (exact) mass is 354 g/mol. The molecule has 136 valence electrons. The van der Waals surface area contributed by atoms with Crippen LogP contribution in [0.25, 0.3) is 5.65 Å². The molecule has 1 N–H and O–H groups in total. The molecule has 0 unspecified atom stereocenters.